The Labute approximate surface area is 271 Å². The smallest absolute Gasteiger partial charge is 0.264 e. The molecule has 4 aromatic rings. The Hall–Kier alpha value is -3.67. The minimum absolute atomic E-state index is 0.00702. The third kappa shape index (κ3) is 8.14. The molecule has 0 spiro atoms. The maximum Gasteiger partial charge on any atom is 0.264 e. The molecule has 0 aliphatic heterocycles. The van der Waals surface area contributed by atoms with Crippen LogP contribution < -0.4 is 15.8 Å². The zero-order valence-electron chi connectivity index (χ0n) is 26.5. The molecule has 0 radical (unpaired) electrons. The van der Waals surface area contributed by atoms with E-state index < -0.39 is 22.0 Å². The summed E-state index contributed by atoms with van der Waals surface area (Å²) in [6, 6.07) is 17.0. The van der Waals surface area contributed by atoms with E-state index in [1.165, 1.54) is 13.0 Å². The Kier molecular flexibility index (Phi) is 11.1. The van der Waals surface area contributed by atoms with Gasteiger partial charge in [0.25, 0.3) is 15.9 Å². The van der Waals surface area contributed by atoms with Gasteiger partial charge in [-0.25, -0.2) is 18.1 Å². The van der Waals surface area contributed by atoms with Gasteiger partial charge in [-0.2, -0.15) is 12.6 Å². The highest BCUT2D eigenvalue weighted by molar-refractivity contribution is 7.90. The first-order valence-corrected chi connectivity index (χ1v) is 17.4. The zero-order chi connectivity index (χ0) is 32.9. The van der Waals surface area contributed by atoms with Crippen LogP contribution in [0.2, 0.25) is 0 Å². The molecule has 9 nitrogen and oxygen atoms in total. The van der Waals surface area contributed by atoms with Gasteiger partial charge in [0, 0.05) is 35.9 Å². The van der Waals surface area contributed by atoms with Crippen LogP contribution in [0.3, 0.4) is 0 Å². The molecule has 4 N–H and O–H groups in total. The van der Waals surface area contributed by atoms with Gasteiger partial charge in [-0.05, 0) is 67.5 Å². The molecule has 0 saturated heterocycles. The number of carbonyl (C=O) groups excluding carboxylic acids is 2. The number of hydrogen-bond acceptors (Lipinski definition) is 7. The third-order valence-corrected chi connectivity index (χ3v) is 9.45. The molecule has 0 saturated carbocycles. The van der Waals surface area contributed by atoms with E-state index in [2.05, 4.69) is 48.0 Å². The van der Waals surface area contributed by atoms with Crippen molar-refractivity contribution in [2.24, 2.45) is 11.7 Å². The van der Waals surface area contributed by atoms with Crippen LogP contribution in [0.25, 0.3) is 22.2 Å². The van der Waals surface area contributed by atoms with Crippen LogP contribution in [-0.2, 0) is 27.8 Å². The number of aryl methyl sites for hydroxylation is 2. The van der Waals surface area contributed by atoms with Crippen LogP contribution in [-0.4, -0.2) is 47.6 Å². The van der Waals surface area contributed by atoms with Crippen molar-refractivity contribution in [2.45, 2.75) is 77.4 Å². The van der Waals surface area contributed by atoms with Crippen LogP contribution in [0.15, 0.2) is 65.6 Å². The maximum absolute atomic E-state index is 13.3. The second kappa shape index (κ2) is 14.6. The SMILES string of the molecule is CCCc1nc2c(C)cc(C(=O)N[C@@H](CS)CC(C)C)cc2n1Cc1ccc(-c2ccccc2S(=O)(=O)NC(=O)[C@H](C)N)cc1. The fourth-order valence-electron chi connectivity index (χ4n) is 5.37. The molecule has 1 aromatic heterocycles. The Bertz CT molecular complexity index is 1780. The van der Waals surface area contributed by atoms with E-state index in [1.54, 1.807) is 18.2 Å². The first-order valence-electron chi connectivity index (χ1n) is 15.3. The molecule has 0 aliphatic rings. The Balaban J connectivity index is 1.67. The molecule has 2 atom stereocenters. The molecule has 3 aromatic carbocycles. The topological polar surface area (TPSA) is 136 Å². The summed E-state index contributed by atoms with van der Waals surface area (Å²) >= 11 is 4.45. The number of benzene rings is 3. The van der Waals surface area contributed by atoms with Gasteiger partial charge in [0.15, 0.2) is 0 Å². The number of nitrogens with one attached hydrogen (secondary N) is 2. The predicted octanol–water partition coefficient (Wildman–Crippen LogP) is 5.24. The molecule has 0 fully saturated rings. The summed E-state index contributed by atoms with van der Waals surface area (Å²) in [5.74, 6) is 1.04. The normalized spacial score (nSPS) is 13.2. The summed E-state index contributed by atoms with van der Waals surface area (Å²) in [5.41, 5.74) is 11.0. The Morgan fingerprint density at radius 1 is 1.04 bits per heavy atom. The van der Waals surface area contributed by atoms with Crippen molar-refractivity contribution >= 4 is 45.5 Å². The van der Waals surface area contributed by atoms with Gasteiger partial charge >= 0.3 is 0 Å². The Morgan fingerprint density at radius 3 is 2.36 bits per heavy atom. The lowest BCUT2D eigenvalue weighted by molar-refractivity contribution is -0.120. The summed E-state index contributed by atoms with van der Waals surface area (Å²) in [4.78, 5) is 30.3. The van der Waals surface area contributed by atoms with E-state index in [-0.39, 0.29) is 16.8 Å². The number of thiol groups is 1. The predicted molar refractivity (Wildman–Crippen MR) is 183 cm³/mol. The number of amides is 2. The number of sulfonamides is 1. The Morgan fingerprint density at radius 2 is 1.73 bits per heavy atom. The van der Waals surface area contributed by atoms with Gasteiger partial charge in [0.1, 0.15) is 5.82 Å². The average molecular weight is 650 g/mol. The van der Waals surface area contributed by atoms with Crippen molar-refractivity contribution in [3.63, 3.8) is 0 Å². The number of hydrogen-bond donors (Lipinski definition) is 4. The van der Waals surface area contributed by atoms with Gasteiger partial charge in [-0.3, -0.25) is 9.59 Å². The highest BCUT2D eigenvalue weighted by atomic mass is 32.2. The second-order valence-corrected chi connectivity index (χ2v) is 14.0. The summed E-state index contributed by atoms with van der Waals surface area (Å²) in [6.45, 7) is 10.3. The fourth-order valence-corrected chi connectivity index (χ4v) is 6.91. The molecule has 240 valence electrons. The van der Waals surface area contributed by atoms with Gasteiger partial charge in [-0.1, -0.05) is 63.2 Å². The molecule has 45 heavy (non-hydrogen) atoms. The van der Waals surface area contributed by atoms with Crippen molar-refractivity contribution < 1.29 is 18.0 Å². The zero-order valence-corrected chi connectivity index (χ0v) is 28.2. The quantitative estimate of drug-likeness (QED) is 0.146. The monoisotopic (exact) mass is 649 g/mol. The molecule has 4 rings (SSSR count). The van der Waals surface area contributed by atoms with Gasteiger partial charge in [0.2, 0.25) is 5.91 Å². The molecule has 1 heterocycles. The van der Waals surface area contributed by atoms with E-state index in [0.717, 1.165) is 47.2 Å². The number of nitrogens with zero attached hydrogens (tertiary/aromatic N) is 2. The molecular formula is C34H43N5O4S2. The molecule has 0 unspecified atom stereocenters. The standard InChI is InChI=1S/C34H43N5O4S2/c1-6-9-31-37-32-22(4)17-26(34(41)36-27(20-44)16-21(2)3)18-29(32)39(31)19-24-12-14-25(15-13-24)28-10-7-8-11-30(28)45(42,43)38-33(40)23(5)35/h7-8,10-15,17-18,21,23,27,44H,6,9,16,19-20,35H2,1-5H3,(H,36,41)(H,38,40)/t23-,27+/m0/s1. The van der Waals surface area contributed by atoms with Crippen LogP contribution in [0.5, 0.6) is 0 Å². The van der Waals surface area contributed by atoms with Crippen LogP contribution in [0.1, 0.15) is 67.8 Å². The van der Waals surface area contributed by atoms with E-state index >= 15 is 0 Å². The molecule has 0 aliphatic carbocycles. The number of carbonyl (C=O) groups is 2. The van der Waals surface area contributed by atoms with Gasteiger partial charge in [0.05, 0.1) is 22.0 Å². The first kappa shape index (κ1) is 34.2. The summed E-state index contributed by atoms with van der Waals surface area (Å²) in [6.07, 6.45) is 2.55. The minimum Gasteiger partial charge on any atom is -0.348 e. The van der Waals surface area contributed by atoms with Crippen LogP contribution >= 0.6 is 12.6 Å². The third-order valence-electron chi connectivity index (χ3n) is 7.60. The van der Waals surface area contributed by atoms with Crippen molar-refractivity contribution in [1.82, 2.24) is 19.6 Å². The highest BCUT2D eigenvalue weighted by Crippen LogP contribution is 2.29. The summed E-state index contributed by atoms with van der Waals surface area (Å²) in [7, 11) is -4.13. The summed E-state index contributed by atoms with van der Waals surface area (Å²) in [5, 5.41) is 3.14. The lowest BCUT2D eigenvalue weighted by Crippen LogP contribution is -2.41. The minimum atomic E-state index is -4.13. The lowest BCUT2D eigenvalue weighted by Gasteiger charge is -2.19. The number of rotatable bonds is 13. The maximum atomic E-state index is 13.3. The van der Waals surface area contributed by atoms with Crippen molar-refractivity contribution in [3.05, 3.63) is 83.2 Å². The molecule has 0 bridgehead atoms. The molecular weight excluding hydrogens is 607 g/mol. The average Bonchev–Trinajstić information content (AvgIpc) is 3.34. The highest BCUT2D eigenvalue weighted by Gasteiger charge is 2.23. The molecule has 11 heteroatoms. The number of fused-ring (bicyclic) bond motifs is 1. The van der Waals surface area contributed by atoms with E-state index in [9.17, 15) is 18.0 Å². The largest absolute Gasteiger partial charge is 0.348 e. The van der Waals surface area contributed by atoms with Crippen molar-refractivity contribution in [1.29, 1.82) is 0 Å². The number of nitrogens with two attached hydrogens (primary N) is 1. The fraction of sp³-hybridized carbons (Fsp3) is 0.382. The van der Waals surface area contributed by atoms with Gasteiger partial charge in [-0.15, -0.1) is 0 Å². The lowest BCUT2D eigenvalue weighted by atomic mass is 10.0. The van der Waals surface area contributed by atoms with E-state index in [4.69, 9.17) is 10.7 Å². The second-order valence-electron chi connectivity index (χ2n) is 12.0. The van der Waals surface area contributed by atoms with E-state index in [1.807, 2.05) is 43.3 Å². The summed E-state index contributed by atoms with van der Waals surface area (Å²) < 4.78 is 30.3. The number of aromatic nitrogens is 2. The molecule has 2 amide bonds. The van der Waals surface area contributed by atoms with Crippen LogP contribution in [0.4, 0.5) is 0 Å². The van der Waals surface area contributed by atoms with Gasteiger partial charge < -0.3 is 15.6 Å². The van der Waals surface area contributed by atoms with Crippen LogP contribution in [0, 0.1) is 12.8 Å². The first-order chi connectivity index (χ1) is 21.3. The number of imidazole rings is 1. The van der Waals surface area contributed by atoms with Crippen molar-refractivity contribution in [2.75, 3.05) is 5.75 Å². The van der Waals surface area contributed by atoms with E-state index in [0.29, 0.717) is 34.9 Å². The van der Waals surface area contributed by atoms with Crippen molar-refractivity contribution in [3.8, 4) is 11.1 Å².